The van der Waals surface area contributed by atoms with Crippen molar-refractivity contribution >= 4 is 11.8 Å². The van der Waals surface area contributed by atoms with E-state index in [4.69, 9.17) is 13.9 Å². The number of ether oxygens (including phenoxy) is 2. The Labute approximate surface area is 163 Å². The third-order valence-electron chi connectivity index (χ3n) is 7.92. The van der Waals surface area contributed by atoms with Crippen molar-refractivity contribution < 1.29 is 28.6 Å². The van der Waals surface area contributed by atoms with Crippen LogP contribution in [0.25, 0.3) is 0 Å². The zero-order valence-corrected chi connectivity index (χ0v) is 16.7. The van der Waals surface area contributed by atoms with Gasteiger partial charge in [0.05, 0.1) is 18.1 Å². The molecule has 0 bridgehead atoms. The molecule has 1 saturated carbocycles. The lowest BCUT2D eigenvalue weighted by molar-refractivity contribution is -0.0299. The van der Waals surface area contributed by atoms with E-state index in [1.54, 1.807) is 7.11 Å². The highest BCUT2D eigenvalue weighted by atomic mass is 16.6. The van der Waals surface area contributed by atoms with E-state index >= 15 is 0 Å². The van der Waals surface area contributed by atoms with Crippen LogP contribution in [0.15, 0.2) is 21.8 Å². The fourth-order valence-corrected chi connectivity index (χ4v) is 6.70. The summed E-state index contributed by atoms with van der Waals surface area (Å²) >= 11 is 0. The van der Waals surface area contributed by atoms with E-state index in [9.17, 15) is 14.7 Å². The average Bonchev–Trinajstić information content (AvgIpc) is 3.21. The van der Waals surface area contributed by atoms with Crippen LogP contribution < -0.4 is 0 Å². The monoisotopic (exact) mass is 386 g/mol. The second kappa shape index (κ2) is 5.57. The third-order valence-corrected chi connectivity index (χ3v) is 7.92. The maximum Gasteiger partial charge on any atom is 0.342 e. The number of carbonyl (C=O) groups excluding carboxylic acids is 2. The molecule has 0 radical (unpaired) electrons. The minimum absolute atomic E-state index is 0.0134. The summed E-state index contributed by atoms with van der Waals surface area (Å²) in [4.78, 5) is 26.1. The Morgan fingerprint density at radius 2 is 2.04 bits per heavy atom. The average molecular weight is 386 g/mol. The van der Waals surface area contributed by atoms with E-state index in [2.05, 4.69) is 13.8 Å². The zero-order chi connectivity index (χ0) is 20.0. The van der Waals surface area contributed by atoms with Crippen LogP contribution in [0.2, 0.25) is 0 Å². The van der Waals surface area contributed by atoms with Gasteiger partial charge in [-0.1, -0.05) is 13.8 Å². The van der Waals surface area contributed by atoms with E-state index in [-0.39, 0.29) is 35.4 Å². The fourth-order valence-electron chi connectivity index (χ4n) is 6.70. The molecule has 1 aliphatic heterocycles. The van der Waals surface area contributed by atoms with Gasteiger partial charge in [0.1, 0.15) is 17.9 Å². The molecule has 1 unspecified atom stereocenters. The second-order valence-corrected chi connectivity index (χ2v) is 9.32. The van der Waals surface area contributed by atoms with Crippen LogP contribution >= 0.6 is 0 Å². The number of carbonyl (C=O) groups is 2. The Morgan fingerprint density at radius 3 is 2.75 bits per heavy atom. The molecule has 0 aromatic carbocycles. The maximum atomic E-state index is 13.6. The van der Waals surface area contributed by atoms with Gasteiger partial charge in [-0.2, -0.15) is 0 Å². The highest BCUT2D eigenvalue weighted by Gasteiger charge is 2.62. The molecule has 6 nitrogen and oxygen atoms in total. The van der Waals surface area contributed by atoms with Gasteiger partial charge >= 0.3 is 5.97 Å². The third kappa shape index (κ3) is 1.90. The number of furan rings is 1. The summed E-state index contributed by atoms with van der Waals surface area (Å²) in [6.07, 6.45) is 2.70. The molecule has 1 N–H and O–H groups in total. The number of hydrogen-bond donors (Lipinski definition) is 1. The number of aliphatic hydroxyl groups excluding tert-OH is 1. The number of methoxy groups -OCH3 is 1. The van der Waals surface area contributed by atoms with Gasteiger partial charge in [0.25, 0.3) is 0 Å². The Kier molecular flexibility index (Phi) is 3.61. The first-order chi connectivity index (χ1) is 13.2. The number of fused-ring (bicyclic) bond motifs is 3. The number of ketones is 1. The van der Waals surface area contributed by atoms with Crippen molar-refractivity contribution in [2.24, 2.45) is 17.3 Å². The molecule has 150 valence electrons. The number of cyclic esters (lactones) is 1. The zero-order valence-electron chi connectivity index (χ0n) is 16.7. The van der Waals surface area contributed by atoms with Crippen molar-refractivity contribution in [3.8, 4) is 0 Å². The quantitative estimate of drug-likeness (QED) is 0.787. The van der Waals surface area contributed by atoms with E-state index in [0.29, 0.717) is 17.5 Å². The van der Waals surface area contributed by atoms with Crippen LogP contribution in [-0.4, -0.2) is 42.8 Å². The molecule has 0 saturated heterocycles. The number of aliphatic hydroxyl groups is 1. The van der Waals surface area contributed by atoms with E-state index in [1.807, 2.05) is 6.92 Å². The number of Topliss-reactive ketones (excluding diaryl/α,β-unsaturated/α-hetero) is 1. The topological polar surface area (TPSA) is 86.0 Å². The molecule has 28 heavy (non-hydrogen) atoms. The van der Waals surface area contributed by atoms with Crippen LogP contribution in [0.5, 0.6) is 0 Å². The molecule has 4 aliphatic rings. The largest absolute Gasteiger partial charge is 0.460 e. The minimum Gasteiger partial charge on any atom is -0.460 e. The molecule has 6 atom stereocenters. The highest BCUT2D eigenvalue weighted by Crippen LogP contribution is 2.63. The summed E-state index contributed by atoms with van der Waals surface area (Å²) in [6, 6.07) is 0. The van der Waals surface area contributed by atoms with Crippen molar-refractivity contribution in [3.63, 3.8) is 0 Å². The standard InChI is InChI=1S/C22H26O6/c1-10-7-21(2)12(5-6-13(21)23)15-16(10)22(3)14(9-26-4)28-20(25)11-8-27-19(17(11)22)18(15)24/h8,10,12-14,23H,5-7,9H2,1-4H3/t10-,12+,13?,14-,21+,22-/m1/s1. The molecular formula is C22H26O6. The molecule has 0 spiro atoms. The van der Waals surface area contributed by atoms with Crippen LogP contribution in [0.1, 0.15) is 66.5 Å². The van der Waals surface area contributed by atoms with Crippen molar-refractivity contribution in [1.82, 2.24) is 0 Å². The molecular weight excluding hydrogens is 360 g/mol. The molecule has 0 amide bonds. The first-order valence-electron chi connectivity index (χ1n) is 10.0. The van der Waals surface area contributed by atoms with E-state index in [1.165, 1.54) is 6.26 Å². The SMILES string of the molecule is COC[C@H]1OC(=O)c2coc3c2[C@@]1(C)C1=C(C3=O)[C@@H]2CCC(O)[C@@]2(C)C[C@H]1C. The van der Waals surface area contributed by atoms with Crippen LogP contribution in [0.4, 0.5) is 0 Å². The van der Waals surface area contributed by atoms with Gasteiger partial charge in [-0.25, -0.2) is 4.79 Å². The summed E-state index contributed by atoms with van der Waals surface area (Å²) in [5.74, 6) is -0.278. The van der Waals surface area contributed by atoms with Crippen molar-refractivity contribution in [2.75, 3.05) is 13.7 Å². The predicted octanol–water partition coefficient (Wildman–Crippen LogP) is 3.03. The van der Waals surface area contributed by atoms with Crippen LogP contribution in [0.3, 0.4) is 0 Å². The first kappa shape index (κ1) is 18.1. The number of rotatable bonds is 2. The molecule has 1 fully saturated rings. The van der Waals surface area contributed by atoms with Gasteiger partial charge in [0.15, 0.2) is 5.76 Å². The highest BCUT2D eigenvalue weighted by molar-refractivity contribution is 6.13. The Morgan fingerprint density at radius 1 is 1.29 bits per heavy atom. The van der Waals surface area contributed by atoms with Gasteiger partial charge < -0.3 is 19.0 Å². The number of hydrogen-bond acceptors (Lipinski definition) is 6. The number of allylic oxidation sites excluding steroid dienone is 1. The molecule has 3 aliphatic carbocycles. The summed E-state index contributed by atoms with van der Waals surface area (Å²) in [5, 5.41) is 10.7. The van der Waals surface area contributed by atoms with Crippen LogP contribution in [0, 0.1) is 17.3 Å². The summed E-state index contributed by atoms with van der Waals surface area (Å²) < 4.78 is 16.8. The van der Waals surface area contributed by atoms with E-state index < -0.39 is 23.6 Å². The van der Waals surface area contributed by atoms with Gasteiger partial charge in [-0.05, 0) is 43.6 Å². The Balaban J connectivity index is 1.80. The van der Waals surface area contributed by atoms with Gasteiger partial charge in [0.2, 0.25) is 5.78 Å². The number of esters is 1. The molecule has 2 heterocycles. The lowest BCUT2D eigenvalue weighted by Crippen LogP contribution is -2.55. The summed E-state index contributed by atoms with van der Waals surface area (Å²) in [5.41, 5.74) is 1.82. The van der Waals surface area contributed by atoms with Crippen molar-refractivity contribution in [3.05, 3.63) is 34.3 Å². The molecule has 5 rings (SSSR count). The van der Waals surface area contributed by atoms with E-state index in [0.717, 1.165) is 24.0 Å². The summed E-state index contributed by atoms with van der Waals surface area (Å²) in [7, 11) is 1.58. The maximum absolute atomic E-state index is 13.6. The normalized spacial score (nSPS) is 41.5. The Hall–Kier alpha value is -1.92. The lowest BCUT2D eigenvalue weighted by atomic mass is 9.52. The van der Waals surface area contributed by atoms with Gasteiger partial charge in [0, 0.05) is 23.7 Å². The van der Waals surface area contributed by atoms with Crippen molar-refractivity contribution in [2.45, 2.75) is 57.7 Å². The smallest absolute Gasteiger partial charge is 0.342 e. The summed E-state index contributed by atoms with van der Waals surface area (Å²) in [6.45, 7) is 6.51. The molecule has 6 heteroatoms. The second-order valence-electron chi connectivity index (χ2n) is 9.32. The molecule has 1 aromatic heterocycles. The van der Waals surface area contributed by atoms with Crippen LogP contribution in [-0.2, 0) is 14.9 Å². The van der Waals surface area contributed by atoms with Gasteiger partial charge in [-0.3, -0.25) is 4.79 Å². The predicted molar refractivity (Wildman–Crippen MR) is 99.1 cm³/mol. The first-order valence-corrected chi connectivity index (χ1v) is 10.0. The van der Waals surface area contributed by atoms with Crippen molar-refractivity contribution in [1.29, 1.82) is 0 Å². The molecule has 1 aromatic rings. The lowest BCUT2D eigenvalue weighted by Gasteiger charge is -2.52. The fraction of sp³-hybridized carbons (Fsp3) is 0.636. The van der Waals surface area contributed by atoms with Gasteiger partial charge in [-0.15, -0.1) is 0 Å². The minimum atomic E-state index is -0.668. The Bertz CT molecular complexity index is 925.